The molecular formula is C20H24ClFN2O. The summed E-state index contributed by atoms with van der Waals surface area (Å²) in [5.41, 5.74) is 10.3. The molecule has 3 aromatic rings. The molecule has 0 bridgehead atoms. The van der Waals surface area contributed by atoms with Gasteiger partial charge in [-0.05, 0) is 37.6 Å². The second-order valence-corrected chi connectivity index (χ2v) is 6.46. The Kier molecular flexibility index (Phi) is 6.22. The molecule has 0 aliphatic rings. The third kappa shape index (κ3) is 3.71. The van der Waals surface area contributed by atoms with Gasteiger partial charge in [-0.25, -0.2) is 4.39 Å². The lowest BCUT2D eigenvalue weighted by molar-refractivity contribution is 0.263. The van der Waals surface area contributed by atoms with Gasteiger partial charge in [0.15, 0.2) is 0 Å². The summed E-state index contributed by atoms with van der Waals surface area (Å²) in [4.78, 5) is 0. The Hall–Kier alpha value is -1.88. The number of hydrogen-bond acceptors (Lipinski definition) is 2. The van der Waals surface area contributed by atoms with E-state index in [-0.39, 0.29) is 36.9 Å². The van der Waals surface area contributed by atoms with E-state index in [2.05, 4.69) is 30.5 Å². The zero-order valence-electron chi connectivity index (χ0n) is 14.4. The van der Waals surface area contributed by atoms with E-state index in [0.717, 1.165) is 27.7 Å². The third-order valence-corrected chi connectivity index (χ3v) is 4.35. The number of benzene rings is 2. The van der Waals surface area contributed by atoms with E-state index < -0.39 is 0 Å². The normalized spacial score (nSPS) is 12.4. The van der Waals surface area contributed by atoms with E-state index >= 15 is 0 Å². The zero-order valence-corrected chi connectivity index (χ0v) is 15.3. The maximum absolute atomic E-state index is 13.4. The van der Waals surface area contributed by atoms with Gasteiger partial charge in [0.25, 0.3) is 0 Å². The summed E-state index contributed by atoms with van der Waals surface area (Å²) >= 11 is 0. The standard InChI is InChI=1S/C20H23FN2O.ClH/c1-13(2)23-18-6-4-3-5-17(18)20(19(23)11-16(22)12-24)14-7-9-15(21)10-8-14;/h3-10,13,16,24H,11-12,22H2,1-2H3;1H. The van der Waals surface area contributed by atoms with Gasteiger partial charge in [-0.15, -0.1) is 12.4 Å². The van der Waals surface area contributed by atoms with E-state index in [1.165, 1.54) is 12.1 Å². The summed E-state index contributed by atoms with van der Waals surface area (Å²) in [6.45, 7) is 4.20. The number of aromatic nitrogens is 1. The first kappa shape index (κ1) is 19.4. The topological polar surface area (TPSA) is 51.2 Å². The van der Waals surface area contributed by atoms with Crippen LogP contribution in [0.25, 0.3) is 22.0 Å². The highest BCUT2D eigenvalue weighted by molar-refractivity contribution is 5.98. The number of rotatable bonds is 5. The molecule has 0 fully saturated rings. The Labute approximate surface area is 153 Å². The first-order valence-corrected chi connectivity index (χ1v) is 8.27. The molecule has 1 unspecified atom stereocenters. The molecule has 0 radical (unpaired) electrons. The molecule has 25 heavy (non-hydrogen) atoms. The van der Waals surface area contributed by atoms with E-state index in [4.69, 9.17) is 5.73 Å². The number of halogens is 2. The van der Waals surface area contributed by atoms with Gasteiger partial charge in [0, 0.05) is 40.7 Å². The Morgan fingerprint density at radius 1 is 1.08 bits per heavy atom. The van der Waals surface area contributed by atoms with Crippen molar-refractivity contribution in [1.82, 2.24) is 4.57 Å². The molecule has 0 spiro atoms. The first-order valence-electron chi connectivity index (χ1n) is 8.27. The highest BCUT2D eigenvalue weighted by atomic mass is 35.5. The molecule has 0 saturated heterocycles. The average Bonchev–Trinajstić information content (AvgIpc) is 2.89. The second-order valence-electron chi connectivity index (χ2n) is 6.46. The van der Waals surface area contributed by atoms with Gasteiger partial charge in [-0.3, -0.25) is 0 Å². The van der Waals surface area contributed by atoms with Crippen LogP contribution in [0.15, 0.2) is 48.5 Å². The summed E-state index contributed by atoms with van der Waals surface area (Å²) in [7, 11) is 0. The molecule has 3 N–H and O–H groups in total. The van der Waals surface area contributed by atoms with Crippen LogP contribution in [-0.2, 0) is 6.42 Å². The lowest BCUT2D eigenvalue weighted by Gasteiger charge is -2.18. The monoisotopic (exact) mass is 362 g/mol. The molecule has 5 heteroatoms. The molecule has 3 nitrogen and oxygen atoms in total. The van der Waals surface area contributed by atoms with Crippen molar-refractivity contribution >= 4 is 23.3 Å². The van der Waals surface area contributed by atoms with Crippen molar-refractivity contribution in [2.24, 2.45) is 5.73 Å². The Bertz CT molecular complexity index is 843. The summed E-state index contributed by atoms with van der Waals surface area (Å²) in [6.07, 6.45) is 0.566. The van der Waals surface area contributed by atoms with E-state index in [0.29, 0.717) is 6.42 Å². The van der Waals surface area contributed by atoms with Gasteiger partial charge >= 0.3 is 0 Å². The van der Waals surface area contributed by atoms with Crippen molar-refractivity contribution in [1.29, 1.82) is 0 Å². The van der Waals surface area contributed by atoms with Crippen LogP contribution in [0.4, 0.5) is 4.39 Å². The van der Waals surface area contributed by atoms with Crippen molar-refractivity contribution in [3.8, 4) is 11.1 Å². The number of nitrogens with two attached hydrogens (primary N) is 1. The molecule has 3 rings (SSSR count). The van der Waals surface area contributed by atoms with Gasteiger partial charge in [0.2, 0.25) is 0 Å². The van der Waals surface area contributed by atoms with Crippen LogP contribution in [0.5, 0.6) is 0 Å². The highest BCUT2D eigenvalue weighted by Gasteiger charge is 2.21. The van der Waals surface area contributed by atoms with Gasteiger partial charge in [-0.1, -0.05) is 30.3 Å². The predicted octanol–water partition coefficient (Wildman–Crippen LogP) is 4.31. The summed E-state index contributed by atoms with van der Waals surface area (Å²) in [5, 5.41) is 10.5. The number of aliphatic hydroxyl groups is 1. The van der Waals surface area contributed by atoms with Crippen LogP contribution in [-0.4, -0.2) is 22.3 Å². The molecule has 0 amide bonds. The van der Waals surface area contributed by atoms with E-state index in [1.54, 1.807) is 12.1 Å². The lowest BCUT2D eigenvalue weighted by atomic mass is 9.99. The SMILES string of the molecule is CC(C)n1c(CC(N)CO)c(-c2ccc(F)cc2)c2ccccc21.Cl. The third-order valence-electron chi connectivity index (χ3n) is 4.35. The summed E-state index contributed by atoms with van der Waals surface area (Å²) in [5.74, 6) is -0.250. The zero-order chi connectivity index (χ0) is 17.3. The van der Waals surface area contributed by atoms with Gasteiger partial charge < -0.3 is 15.4 Å². The van der Waals surface area contributed by atoms with Crippen LogP contribution in [0, 0.1) is 5.82 Å². The molecule has 0 aliphatic carbocycles. The number of hydrogen-bond donors (Lipinski definition) is 2. The summed E-state index contributed by atoms with van der Waals surface area (Å²) < 4.78 is 15.6. The molecule has 0 saturated carbocycles. The molecule has 2 aromatic carbocycles. The molecule has 1 heterocycles. The van der Waals surface area contributed by atoms with Crippen molar-refractivity contribution < 1.29 is 9.50 Å². The fraction of sp³-hybridized carbons (Fsp3) is 0.300. The Balaban J connectivity index is 0.00000225. The van der Waals surface area contributed by atoms with Crippen LogP contribution >= 0.6 is 12.4 Å². The number of aliphatic hydroxyl groups excluding tert-OH is 1. The van der Waals surface area contributed by atoms with Crippen molar-refractivity contribution in [2.45, 2.75) is 32.4 Å². The highest BCUT2D eigenvalue weighted by Crippen LogP contribution is 2.37. The van der Waals surface area contributed by atoms with Crippen LogP contribution in [0.3, 0.4) is 0 Å². The Morgan fingerprint density at radius 3 is 2.32 bits per heavy atom. The Morgan fingerprint density at radius 2 is 1.72 bits per heavy atom. The number of nitrogens with zero attached hydrogens (tertiary/aromatic N) is 1. The van der Waals surface area contributed by atoms with Gasteiger partial charge in [0.1, 0.15) is 5.82 Å². The largest absolute Gasteiger partial charge is 0.395 e. The second kappa shape index (κ2) is 8.00. The molecule has 1 aromatic heterocycles. The molecular weight excluding hydrogens is 339 g/mol. The fourth-order valence-electron chi connectivity index (χ4n) is 3.36. The summed E-state index contributed by atoms with van der Waals surface area (Å²) in [6, 6.07) is 14.7. The minimum atomic E-state index is -0.328. The molecule has 134 valence electrons. The van der Waals surface area contributed by atoms with Crippen LogP contribution in [0.2, 0.25) is 0 Å². The minimum Gasteiger partial charge on any atom is -0.395 e. The van der Waals surface area contributed by atoms with Crippen molar-refractivity contribution in [2.75, 3.05) is 6.61 Å². The van der Waals surface area contributed by atoms with Crippen molar-refractivity contribution in [3.05, 3.63) is 60.0 Å². The molecule has 0 aliphatic heterocycles. The number of fused-ring (bicyclic) bond motifs is 1. The first-order chi connectivity index (χ1) is 11.5. The lowest BCUT2D eigenvalue weighted by Crippen LogP contribution is -2.28. The van der Waals surface area contributed by atoms with Crippen LogP contribution in [0.1, 0.15) is 25.6 Å². The molecule has 1 atom stereocenters. The van der Waals surface area contributed by atoms with E-state index in [9.17, 15) is 9.50 Å². The van der Waals surface area contributed by atoms with Gasteiger partial charge in [0.05, 0.1) is 6.61 Å². The van der Waals surface area contributed by atoms with E-state index in [1.807, 2.05) is 12.1 Å². The predicted molar refractivity (Wildman–Crippen MR) is 104 cm³/mol. The van der Waals surface area contributed by atoms with Crippen molar-refractivity contribution in [3.63, 3.8) is 0 Å². The average molecular weight is 363 g/mol. The number of para-hydroxylation sites is 1. The smallest absolute Gasteiger partial charge is 0.123 e. The quantitative estimate of drug-likeness (QED) is 0.710. The fourth-order valence-corrected chi connectivity index (χ4v) is 3.36. The van der Waals surface area contributed by atoms with Crippen LogP contribution < -0.4 is 5.73 Å². The maximum Gasteiger partial charge on any atom is 0.123 e. The minimum absolute atomic E-state index is 0. The maximum atomic E-state index is 13.4. The van der Waals surface area contributed by atoms with Gasteiger partial charge in [-0.2, -0.15) is 0 Å².